The molecule has 0 fully saturated rings. The summed E-state index contributed by atoms with van der Waals surface area (Å²) in [6.07, 6.45) is 3.80. The van der Waals surface area contributed by atoms with Gasteiger partial charge in [-0.1, -0.05) is 27.2 Å². The number of carbonyl (C=O) groups excluding carboxylic acids is 1. The fourth-order valence-electron chi connectivity index (χ4n) is 1.24. The van der Waals surface area contributed by atoms with Crippen LogP contribution < -0.4 is 11.1 Å². The van der Waals surface area contributed by atoms with E-state index in [0.717, 1.165) is 25.7 Å². The summed E-state index contributed by atoms with van der Waals surface area (Å²) >= 11 is 0. The molecule has 0 saturated heterocycles. The normalized spacial score (nSPS) is 10.8. The fourth-order valence-corrected chi connectivity index (χ4v) is 1.24. The van der Waals surface area contributed by atoms with Crippen LogP contribution in [0.15, 0.2) is 0 Å². The van der Waals surface area contributed by atoms with E-state index in [4.69, 9.17) is 10.5 Å². The van der Waals surface area contributed by atoms with Gasteiger partial charge in [0.25, 0.3) is 0 Å². The molecule has 0 aromatic carbocycles. The first-order valence-corrected chi connectivity index (χ1v) is 6.21. The number of amides is 1. The van der Waals surface area contributed by atoms with Gasteiger partial charge >= 0.3 is 0 Å². The Hall–Kier alpha value is -0.320. The van der Waals surface area contributed by atoms with Crippen molar-refractivity contribution in [2.24, 2.45) is 5.73 Å². The molecule has 104 valence electrons. The lowest BCUT2D eigenvalue weighted by atomic mass is 9.94. The predicted octanol–water partition coefficient (Wildman–Crippen LogP) is 1.86. The zero-order valence-corrected chi connectivity index (χ0v) is 12.1. The molecule has 0 radical (unpaired) electrons. The number of hydrogen-bond acceptors (Lipinski definition) is 3. The van der Waals surface area contributed by atoms with Crippen LogP contribution in [0.2, 0.25) is 0 Å². The Labute approximate surface area is 111 Å². The van der Waals surface area contributed by atoms with Crippen molar-refractivity contribution < 1.29 is 9.53 Å². The highest BCUT2D eigenvalue weighted by Gasteiger charge is 2.20. The average molecular weight is 267 g/mol. The first-order valence-electron chi connectivity index (χ1n) is 6.21. The molecule has 0 atom stereocenters. The molecule has 0 aromatic rings. The Morgan fingerprint density at radius 2 is 1.88 bits per heavy atom. The monoisotopic (exact) mass is 266 g/mol. The van der Waals surface area contributed by atoms with Crippen LogP contribution in [-0.4, -0.2) is 31.2 Å². The predicted molar refractivity (Wildman–Crippen MR) is 73.5 cm³/mol. The molecule has 0 bridgehead atoms. The lowest BCUT2D eigenvalue weighted by molar-refractivity contribution is -0.126. The standard InChI is InChI=1S/C12H26N2O2.ClH/c1-4-7-8-16-9-11(15)14-10-12(13,5-2)6-3;/h4-10,13H2,1-3H3,(H,14,15);1H. The SMILES string of the molecule is CCCCOCC(=O)NCC(N)(CC)CC.Cl. The summed E-state index contributed by atoms with van der Waals surface area (Å²) in [5.41, 5.74) is 5.79. The first kappa shape index (κ1) is 19.0. The van der Waals surface area contributed by atoms with E-state index < -0.39 is 0 Å². The van der Waals surface area contributed by atoms with Crippen LogP contribution >= 0.6 is 12.4 Å². The molecule has 0 unspecified atom stereocenters. The van der Waals surface area contributed by atoms with Gasteiger partial charge in [0.15, 0.2) is 0 Å². The summed E-state index contributed by atoms with van der Waals surface area (Å²) in [6, 6.07) is 0. The molecule has 0 aliphatic rings. The van der Waals surface area contributed by atoms with Gasteiger partial charge in [0, 0.05) is 18.7 Å². The van der Waals surface area contributed by atoms with Gasteiger partial charge in [-0.05, 0) is 19.3 Å². The highest BCUT2D eigenvalue weighted by atomic mass is 35.5. The molecule has 1 amide bonds. The number of nitrogens with two attached hydrogens (primary N) is 1. The molecule has 0 saturated carbocycles. The minimum absolute atomic E-state index is 0. The van der Waals surface area contributed by atoms with Crippen LogP contribution in [0.5, 0.6) is 0 Å². The van der Waals surface area contributed by atoms with Crippen LogP contribution in [0.25, 0.3) is 0 Å². The maximum absolute atomic E-state index is 11.4. The molecule has 0 aliphatic carbocycles. The topological polar surface area (TPSA) is 64.3 Å². The zero-order valence-electron chi connectivity index (χ0n) is 11.3. The van der Waals surface area contributed by atoms with Crippen molar-refractivity contribution in [1.82, 2.24) is 5.32 Å². The van der Waals surface area contributed by atoms with Gasteiger partial charge in [-0.15, -0.1) is 12.4 Å². The summed E-state index contributed by atoms with van der Waals surface area (Å²) in [4.78, 5) is 11.4. The van der Waals surface area contributed by atoms with E-state index in [1.807, 2.05) is 13.8 Å². The quantitative estimate of drug-likeness (QED) is 0.626. The number of nitrogens with one attached hydrogen (secondary N) is 1. The van der Waals surface area contributed by atoms with E-state index in [1.54, 1.807) is 0 Å². The van der Waals surface area contributed by atoms with E-state index in [2.05, 4.69) is 12.2 Å². The smallest absolute Gasteiger partial charge is 0.246 e. The summed E-state index contributed by atoms with van der Waals surface area (Å²) in [5, 5.41) is 2.81. The van der Waals surface area contributed by atoms with E-state index in [-0.39, 0.29) is 30.5 Å². The summed E-state index contributed by atoms with van der Waals surface area (Å²) in [6.45, 7) is 7.48. The molecule has 4 nitrogen and oxygen atoms in total. The van der Waals surface area contributed by atoms with E-state index in [1.165, 1.54) is 0 Å². The van der Waals surface area contributed by atoms with Gasteiger partial charge < -0.3 is 15.8 Å². The van der Waals surface area contributed by atoms with Crippen LogP contribution in [0.4, 0.5) is 0 Å². The lowest BCUT2D eigenvalue weighted by Gasteiger charge is -2.26. The molecular weight excluding hydrogens is 240 g/mol. The summed E-state index contributed by atoms with van der Waals surface area (Å²) < 4.78 is 5.22. The van der Waals surface area contributed by atoms with Crippen molar-refractivity contribution in [3.05, 3.63) is 0 Å². The van der Waals surface area contributed by atoms with E-state index >= 15 is 0 Å². The van der Waals surface area contributed by atoms with Gasteiger partial charge in [-0.3, -0.25) is 4.79 Å². The van der Waals surface area contributed by atoms with Gasteiger partial charge in [-0.25, -0.2) is 0 Å². The van der Waals surface area contributed by atoms with Crippen molar-refractivity contribution in [2.75, 3.05) is 19.8 Å². The highest BCUT2D eigenvalue weighted by Crippen LogP contribution is 2.08. The van der Waals surface area contributed by atoms with Gasteiger partial charge in [0.1, 0.15) is 6.61 Å². The summed E-state index contributed by atoms with van der Waals surface area (Å²) in [7, 11) is 0. The molecule has 0 aliphatic heterocycles. The highest BCUT2D eigenvalue weighted by molar-refractivity contribution is 5.85. The Morgan fingerprint density at radius 3 is 2.35 bits per heavy atom. The third-order valence-corrected chi connectivity index (χ3v) is 2.92. The third-order valence-electron chi connectivity index (χ3n) is 2.92. The number of carbonyl (C=O) groups is 1. The fraction of sp³-hybridized carbons (Fsp3) is 0.917. The maximum atomic E-state index is 11.4. The first-order chi connectivity index (χ1) is 7.58. The van der Waals surface area contributed by atoms with Gasteiger partial charge in [0.05, 0.1) is 0 Å². The van der Waals surface area contributed by atoms with E-state index in [9.17, 15) is 4.79 Å². The lowest BCUT2D eigenvalue weighted by Crippen LogP contribution is -2.49. The molecule has 5 heteroatoms. The molecule has 0 rings (SSSR count). The van der Waals surface area contributed by atoms with Crippen LogP contribution in [0.3, 0.4) is 0 Å². The molecule has 0 spiro atoms. The number of hydrogen-bond donors (Lipinski definition) is 2. The van der Waals surface area contributed by atoms with Crippen LogP contribution in [0, 0.1) is 0 Å². The van der Waals surface area contributed by atoms with Crippen molar-refractivity contribution >= 4 is 18.3 Å². The second kappa shape index (κ2) is 10.8. The van der Waals surface area contributed by atoms with Crippen LogP contribution in [0.1, 0.15) is 46.5 Å². The molecule has 0 aromatic heterocycles. The second-order valence-corrected chi connectivity index (χ2v) is 4.25. The second-order valence-electron chi connectivity index (χ2n) is 4.25. The average Bonchev–Trinajstić information content (AvgIpc) is 2.31. The molecule has 3 N–H and O–H groups in total. The largest absolute Gasteiger partial charge is 0.372 e. The van der Waals surface area contributed by atoms with Gasteiger partial charge in [0.2, 0.25) is 5.91 Å². The van der Waals surface area contributed by atoms with Crippen molar-refractivity contribution in [2.45, 2.75) is 52.0 Å². The number of rotatable bonds is 9. The van der Waals surface area contributed by atoms with Gasteiger partial charge in [-0.2, -0.15) is 0 Å². The van der Waals surface area contributed by atoms with Crippen LogP contribution in [-0.2, 0) is 9.53 Å². The zero-order chi connectivity index (χ0) is 12.4. The number of halogens is 1. The number of unbranched alkanes of at least 4 members (excludes halogenated alkanes) is 1. The van der Waals surface area contributed by atoms with Crippen molar-refractivity contribution in [3.63, 3.8) is 0 Å². The Kier molecular flexibility index (Phi) is 12.1. The third kappa shape index (κ3) is 9.39. The molecule has 17 heavy (non-hydrogen) atoms. The minimum atomic E-state index is -0.279. The Morgan fingerprint density at radius 1 is 1.29 bits per heavy atom. The Balaban J connectivity index is 0. The molecule has 0 heterocycles. The van der Waals surface area contributed by atoms with Crippen molar-refractivity contribution in [1.29, 1.82) is 0 Å². The summed E-state index contributed by atoms with van der Waals surface area (Å²) in [5.74, 6) is -0.0761. The maximum Gasteiger partial charge on any atom is 0.246 e. The van der Waals surface area contributed by atoms with E-state index in [0.29, 0.717) is 13.2 Å². The molecular formula is C12H27ClN2O2. The Bertz CT molecular complexity index is 197. The van der Waals surface area contributed by atoms with Crippen molar-refractivity contribution in [3.8, 4) is 0 Å². The number of ether oxygens (including phenoxy) is 1. The minimum Gasteiger partial charge on any atom is -0.372 e.